The first-order valence-electron chi connectivity index (χ1n) is 5.91. The maximum Gasteiger partial charge on any atom is 0.115 e. The molecule has 0 unspecified atom stereocenters. The van der Waals surface area contributed by atoms with E-state index in [1.165, 1.54) is 12.8 Å². The van der Waals surface area contributed by atoms with Crippen LogP contribution in [0.3, 0.4) is 0 Å². The van der Waals surface area contributed by atoms with Gasteiger partial charge >= 0.3 is 0 Å². The molecule has 0 saturated heterocycles. The molecule has 0 bridgehead atoms. The van der Waals surface area contributed by atoms with Crippen molar-refractivity contribution in [2.45, 2.75) is 37.8 Å². The van der Waals surface area contributed by atoms with Crippen molar-refractivity contribution in [2.24, 2.45) is 11.7 Å². The zero-order chi connectivity index (χ0) is 11.5. The highest BCUT2D eigenvalue weighted by molar-refractivity contribution is 5.85. The second-order valence-electron chi connectivity index (χ2n) is 4.66. The maximum atomic E-state index is 10.2. The van der Waals surface area contributed by atoms with E-state index in [4.69, 9.17) is 5.73 Å². The van der Waals surface area contributed by atoms with E-state index >= 15 is 0 Å². The Morgan fingerprint density at radius 1 is 1.24 bits per heavy atom. The van der Waals surface area contributed by atoms with Crippen molar-refractivity contribution in [3.8, 4) is 5.75 Å². The molecule has 4 heteroatoms. The van der Waals surface area contributed by atoms with E-state index in [0.29, 0.717) is 5.92 Å². The summed E-state index contributed by atoms with van der Waals surface area (Å²) in [7, 11) is 0. The Bertz CT molecular complexity index is 353. The van der Waals surface area contributed by atoms with Crippen LogP contribution >= 0.6 is 12.4 Å². The first-order chi connectivity index (χ1) is 7.68. The predicted octanol–water partition coefficient (Wildman–Crippen LogP) is 2.36. The normalized spacial score (nSPS) is 19.6. The van der Waals surface area contributed by atoms with Crippen molar-refractivity contribution < 1.29 is 10.2 Å². The predicted molar refractivity (Wildman–Crippen MR) is 70.2 cm³/mol. The molecule has 0 aliphatic heterocycles. The molecule has 3 nitrogen and oxygen atoms in total. The number of phenolic OH excluding ortho intramolecular Hbond substituents is 1. The minimum absolute atomic E-state index is 0. The second-order valence-corrected chi connectivity index (χ2v) is 4.66. The highest BCUT2D eigenvalue weighted by atomic mass is 35.5. The zero-order valence-corrected chi connectivity index (χ0v) is 10.6. The quantitative estimate of drug-likeness (QED) is 0.779. The fourth-order valence-corrected chi connectivity index (χ4v) is 2.52. The van der Waals surface area contributed by atoms with E-state index in [9.17, 15) is 10.2 Å². The molecule has 4 N–H and O–H groups in total. The van der Waals surface area contributed by atoms with Gasteiger partial charge in [0.1, 0.15) is 5.75 Å². The summed E-state index contributed by atoms with van der Waals surface area (Å²) < 4.78 is 0. The van der Waals surface area contributed by atoms with Gasteiger partial charge in [-0.25, -0.2) is 0 Å². The fraction of sp³-hybridized carbons (Fsp3) is 0.538. The third kappa shape index (κ3) is 3.35. The highest BCUT2D eigenvalue weighted by Crippen LogP contribution is 2.32. The summed E-state index contributed by atoms with van der Waals surface area (Å²) in [5.74, 6) is 0.518. The van der Waals surface area contributed by atoms with Crippen molar-refractivity contribution in [3.05, 3.63) is 29.8 Å². The van der Waals surface area contributed by atoms with Crippen molar-refractivity contribution >= 4 is 12.4 Å². The molecule has 2 rings (SSSR count). The molecule has 0 heterocycles. The van der Waals surface area contributed by atoms with Crippen molar-refractivity contribution in [3.63, 3.8) is 0 Å². The third-order valence-electron chi connectivity index (χ3n) is 3.51. The number of nitrogens with two attached hydrogens (primary N) is 1. The lowest BCUT2D eigenvalue weighted by Crippen LogP contribution is -2.31. The number of halogens is 1. The molecule has 0 spiro atoms. The molecule has 17 heavy (non-hydrogen) atoms. The van der Waals surface area contributed by atoms with Gasteiger partial charge in [-0.1, -0.05) is 25.0 Å². The van der Waals surface area contributed by atoms with E-state index in [2.05, 4.69) is 0 Å². The lowest BCUT2D eigenvalue weighted by Gasteiger charge is -2.24. The largest absolute Gasteiger partial charge is 0.508 e. The van der Waals surface area contributed by atoms with Gasteiger partial charge in [0.25, 0.3) is 0 Å². The lowest BCUT2D eigenvalue weighted by atomic mass is 9.91. The lowest BCUT2D eigenvalue weighted by molar-refractivity contribution is 0.0844. The molecule has 1 saturated carbocycles. The fourth-order valence-electron chi connectivity index (χ4n) is 2.52. The van der Waals surface area contributed by atoms with Crippen LogP contribution < -0.4 is 5.73 Å². The summed E-state index contributed by atoms with van der Waals surface area (Å²) in [6, 6.07) is 6.45. The summed E-state index contributed by atoms with van der Waals surface area (Å²) in [4.78, 5) is 0. The molecule has 0 aromatic heterocycles. The number of benzene rings is 1. The van der Waals surface area contributed by atoms with Crippen LogP contribution in [-0.2, 0) is 0 Å². The van der Waals surface area contributed by atoms with Crippen molar-refractivity contribution in [2.75, 3.05) is 0 Å². The van der Waals surface area contributed by atoms with Crippen molar-refractivity contribution in [1.29, 1.82) is 0 Å². The number of aliphatic hydroxyl groups excluding tert-OH is 1. The molecule has 1 aliphatic rings. The molecule has 1 aromatic rings. The average molecular weight is 258 g/mol. The van der Waals surface area contributed by atoms with Gasteiger partial charge in [0.2, 0.25) is 0 Å². The second kappa shape index (κ2) is 6.24. The third-order valence-corrected chi connectivity index (χ3v) is 3.51. The average Bonchev–Trinajstić information content (AvgIpc) is 2.80. The van der Waals surface area contributed by atoms with Crippen LogP contribution in [-0.4, -0.2) is 16.3 Å². The van der Waals surface area contributed by atoms with Crippen LogP contribution in [0.5, 0.6) is 5.75 Å². The number of hydrogen-bond acceptors (Lipinski definition) is 3. The number of hydrogen-bond donors (Lipinski definition) is 3. The standard InChI is InChI=1S/C13H19NO2.ClH/c14-12(10-6-3-7-11(15)8-10)13(16)9-4-1-2-5-9;/h3,6-9,12-13,15-16H,1-2,4-5,14H2;1H/t12-,13+;/m0./s1. The SMILES string of the molecule is Cl.N[C@@H](c1cccc(O)c1)[C@H](O)C1CCCC1. The van der Waals surface area contributed by atoms with E-state index < -0.39 is 12.1 Å². The number of aromatic hydroxyl groups is 1. The summed E-state index contributed by atoms with van der Waals surface area (Å²) in [6.45, 7) is 0. The number of phenols is 1. The number of aliphatic hydroxyl groups is 1. The van der Waals surface area contributed by atoms with Gasteiger partial charge < -0.3 is 15.9 Å². The van der Waals surface area contributed by atoms with E-state index in [-0.39, 0.29) is 18.2 Å². The Labute approximate surface area is 108 Å². The minimum Gasteiger partial charge on any atom is -0.508 e. The van der Waals surface area contributed by atoms with Gasteiger partial charge in [0.15, 0.2) is 0 Å². The molecule has 0 amide bonds. The smallest absolute Gasteiger partial charge is 0.115 e. The maximum absolute atomic E-state index is 10.2. The monoisotopic (exact) mass is 257 g/mol. The molecular formula is C13H20ClNO2. The van der Waals surface area contributed by atoms with Crippen LogP contribution in [0.25, 0.3) is 0 Å². The molecule has 1 aliphatic carbocycles. The van der Waals surface area contributed by atoms with Gasteiger partial charge in [-0.05, 0) is 36.5 Å². The van der Waals surface area contributed by atoms with Gasteiger partial charge in [0.05, 0.1) is 12.1 Å². The van der Waals surface area contributed by atoms with Crippen LogP contribution in [0.1, 0.15) is 37.3 Å². The zero-order valence-electron chi connectivity index (χ0n) is 9.75. The van der Waals surface area contributed by atoms with E-state index in [1.807, 2.05) is 6.07 Å². The molecule has 0 radical (unpaired) electrons. The summed E-state index contributed by atoms with van der Waals surface area (Å²) >= 11 is 0. The Morgan fingerprint density at radius 2 is 1.88 bits per heavy atom. The van der Waals surface area contributed by atoms with Crippen molar-refractivity contribution in [1.82, 2.24) is 0 Å². The number of rotatable bonds is 3. The Kier molecular flexibility index (Phi) is 5.25. The Balaban J connectivity index is 0.00000144. The van der Waals surface area contributed by atoms with Crippen LogP contribution in [0.15, 0.2) is 24.3 Å². The van der Waals surface area contributed by atoms with Gasteiger partial charge in [-0.15, -0.1) is 12.4 Å². The minimum atomic E-state index is -0.496. The van der Waals surface area contributed by atoms with Crippen LogP contribution in [0, 0.1) is 5.92 Å². The highest BCUT2D eigenvalue weighted by Gasteiger charge is 2.28. The van der Waals surface area contributed by atoms with Gasteiger partial charge in [-0.3, -0.25) is 0 Å². The summed E-state index contributed by atoms with van der Waals surface area (Å²) in [6.07, 6.45) is 4.01. The van der Waals surface area contributed by atoms with Crippen LogP contribution in [0.4, 0.5) is 0 Å². The Morgan fingerprint density at radius 3 is 2.47 bits per heavy atom. The molecule has 96 valence electrons. The van der Waals surface area contributed by atoms with Gasteiger partial charge in [0, 0.05) is 0 Å². The summed E-state index contributed by atoms with van der Waals surface area (Å²) in [5.41, 5.74) is 6.83. The topological polar surface area (TPSA) is 66.5 Å². The van der Waals surface area contributed by atoms with Crippen LogP contribution in [0.2, 0.25) is 0 Å². The van der Waals surface area contributed by atoms with Gasteiger partial charge in [-0.2, -0.15) is 0 Å². The first kappa shape index (κ1) is 14.3. The molecule has 1 aromatic carbocycles. The molecular weight excluding hydrogens is 238 g/mol. The first-order valence-corrected chi connectivity index (χ1v) is 5.91. The van der Waals surface area contributed by atoms with E-state index in [1.54, 1.807) is 18.2 Å². The van der Waals surface area contributed by atoms with E-state index in [0.717, 1.165) is 18.4 Å². The molecule has 2 atom stereocenters. The Hall–Kier alpha value is -0.770. The summed E-state index contributed by atoms with van der Waals surface area (Å²) in [5, 5.41) is 19.5. The molecule has 1 fully saturated rings.